The van der Waals surface area contributed by atoms with E-state index in [2.05, 4.69) is 0 Å². The minimum absolute atomic E-state index is 0.0417. The fourth-order valence-corrected chi connectivity index (χ4v) is 0.708. The molecule has 0 radical (unpaired) electrons. The summed E-state index contributed by atoms with van der Waals surface area (Å²) in [7, 11) is 1.94. The molecule has 6 heteroatoms. The van der Waals surface area contributed by atoms with Crippen molar-refractivity contribution >= 4 is 11.6 Å². The van der Waals surface area contributed by atoms with Crippen molar-refractivity contribution in [3.05, 3.63) is 24.4 Å². The Morgan fingerprint density at radius 2 is 2.00 bits per heavy atom. The third kappa shape index (κ3) is 6.86. The predicted octanol–water partition coefficient (Wildman–Crippen LogP) is -4.36. The summed E-state index contributed by atoms with van der Waals surface area (Å²) in [5, 5.41) is 0. The molecule has 1 unspecified atom stereocenters. The van der Waals surface area contributed by atoms with Crippen molar-refractivity contribution in [2.24, 2.45) is 0 Å². The Labute approximate surface area is 84.8 Å². The van der Waals surface area contributed by atoms with Crippen LogP contribution >= 0.6 is 11.6 Å². The standard InChI is InChI=1S/C6H8ClN.HIO3/c1-8-5-3-2-4-6(8)7;2-1(3)4/h2-6H,1H3;2H. The van der Waals surface area contributed by atoms with Crippen molar-refractivity contribution in [1.82, 2.24) is 4.90 Å². The SMILES string of the molecule is CN1C=CC=CC1Cl.[O-][I+2]([O-])O. The molecule has 12 heavy (non-hydrogen) atoms. The fourth-order valence-electron chi connectivity index (χ4n) is 0.559. The van der Waals surface area contributed by atoms with Gasteiger partial charge in [-0.1, -0.05) is 17.7 Å². The Morgan fingerprint density at radius 1 is 1.50 bits per heavy atom. The Bertz CT molecular complexity index is 155. The molecule has 1 aliphatic heterocycles. The predicted molar refractivity (Wildman–Crippen MR) is 37.9 cm³/mol. The Hall–Kier alpha value is 0.180. The van der Waals surface area contributed by atoms with Crippen LogP contribution in [0.1, 0.15) is 0 Å². The molecule has 0 aliphatic carbocycles. The normalized spacial score (nSPS) is 20.8. The zero-order valence-electron chi connectivity index (χ0n) is 6.35. The summed E-state index contributed by atoms with van der Waals surface area (Å²) in [5.74, 6) is 0. The molecule has 0 saturated heterocycles. The molecule has 1 rings (SSSR count). The molecule has 0 fully saturated rings. The Kier molecular flexibility index (Phi) is 6.77. The number of likely N-dealkylation sites (N-methyl/N-ethyl adjacent to an activating group) is 1. The van der Waals surface area contributed by atoms with E-state index in [1.807, 2.05) is 36.4 Å². The van der Waals surface area contributed by atoms with Gasteiger partial charge in [0, 0.05) is 13.2 Å². The van der Waals surface area contributed by atoms with Gasteiger partial charge in [-0.2, -0.15) is 0 Å². The van der Waals surface area contributed by atoms with E-state index in [0.29, 0.717) is 0 Å². The number of hydrogen-bond donors (Lipinski definition) is 1. The molecule has 0 aromatic heterocycles. The van der Waals surface area contributed by atoms with Gasteiger partial charge in [0.05, 0.1) is 0 Å². The van der Waals surface area contributed by atoms with Crippen LogP contribution in [0.5, 0.6) is 0 Å². The second kappa shape index (κ2) is 6.67. The molecule has 0 amide bonds. The molecular formula is C6H9ClINO3. The number of nitrogens with zero attached hydrogens (tertiary/aromatic N) is 1. The van der Waals surface area contributed by atoms with Gasteiger partial charge in [0.15, 0.2) is 0 Å². The van der Waals surface area contributed by atoms with E-state index in [4.69, 9.17) is 21.9 Å². The maximum Gasteiger partial charge on any atom is 0.503 e. The second-order valence-corrected chi connectivity index (χ2v) is 3.56. The zero-order chi connectivity index (χ0) is 9.56. The number of allylic oxidation sites excluding steroid dienone is 2. The Morgan fingerprint density at radius 3 is 2.25 bits per heavy atom. The van der Waals surface area contributed by atoms with Gasteiger partial charge in [0.25, 0.3) is 0 Å². The molecule has 0 spiro atoms. The molecule has 0 bridgehead atoms. The minimum atomic E-state index is -3.76. The van der Waals surface area contributed by atoms with Gasteiger partial charge in [0.2, 0.25) is 0 Å². The van der Waals surface area contributed by atoms with E-state index < -0.39 is 21.1 Å². The van der Waals surface area contributed by atoms with Gasteiger partial charge in [0.1, 0.15) is 5.50 Å². The summed E-state index contributed by atoms with van der Waals surface area (Å²) < 4.78 is 24.5. The van der Waals surface area contributed by atoms with Gasteiger partial charge in [-0.05, 0) is 15.6 Å². The van der Waals surface area contributed by atoms with E-state index in [9.17, 15) is 0 Å². The Balaban J connectivity index is 0.000000261. The van der Waals surface area contributed by atoms with Crippen LogP contribution < -0.4 is 27.9 Å². The van der Waals surface area contributed by atoms with E-state index in [0.717, 1.165) is 0 Å². The summed E-state index contributed by atoms with van der Waals surface area (Å²) >= 11 is 1.99. The van der Waals surface area contributed by atoms with Crippen molar-refractivity contribution in [1.29, 1.82) is 0 Å². The summed E-state index contributed by atoms with van der Waals surface area (Å²) in [5.41, 5.74) is 0.0417. The quantitative estimate of drug-likeness (QED) is 0.279. The highest BCUT2D eigenvalue weighted by atomic mass is 127. The number of rotatable bonds is 0. The first-order valence-electron chi connectivity index (χ1n) is 2.99. The lowest BCUT2D eigenvalue weighted by molar-refractivity contribution is -1.63. The zero-order valence-corrected chi connectivity index (χ0v) is 9.27. The first kappa shape index (κ1) is 12.2. The van der Waals surface area contributed by atoms with Gasteiger partial charge >= 0.3 is 21.1 Å². The maximum absolute atomic E-state index is 8.68. The highest BCUT2D eigenvalue weighted by Crippen LogP contribution is 2.07. The molecular weight excluding hydrogens is 296 g/mol. The first-order chi connectivity index (χ1) is 5.54. The smallest absolute Gasteiger partial charge is 0.396 e. The van der Waals surface area contributed by atoms with E-state index in [-0.39, 0.29) is 5.50 Å². The summed E-state index contributed by atoms with van der Waals surface area (Å²) in [6.45, 7) is 0. The van der Waals surface area contributed by atoms with Crippen molar-refractivity contribution in [2.45, 2.75) is 5.50 Å². The third-order valence-corrected chi connectivity index (χ3v) is 1.54. The van der Waals surface area contributed by atoms with Crippen molar-refractivity contribution in [3.63, 3.8) is 0 Å². The van der Waals surface area contributed by atoms with Crippen LogP contribution in [0.2, 0.25) is 0 Å². The van der Waals surface area contributed by atoms with Crippen molar-refractivity contribution in [2.75, 3.05) is 7.05 Å². The minimum Gasteiger partial charge on any atom is -0.396 e. The molecule has 4 nitrogen and oxygen atoms in total. The van der Waals surface area contributed by atoms with Crippen LogP contribution in [0, 0.1) is 0 Å². The van der Waals surface area contributed by atoms with Gasteiger partial charge in [-0.3, -0.25) is 0 Å². The van der Waals surface area contributed by atoms with Crippen LogP contribution in [-0.4, -0.2) is 20.9 Å². The molecule has 1 heterocycles. The lowest BCUT2D eigenvalue weighted by atomic mass is 10.4. The molecule has 1 aliphatic rings. The first-order valence-corrected chi connectivity index (χ1v) is 6.16. The van der Waals surface area contributed by atoms with Crippen molar-refractivity contribution in [3.8, 4) is 0 Å². The number of halogens is 2. The monoisotopic (exact) mass is 305 g/mol. The van der Waals surface area contributed by atoms with Gasteiger partial charge < -0.3 is 11.8 Å². The fraction of sp³-hybridized carbons (Fsp3) is 0.333. The third-order valence-electron chi connectivity index (χ3n) is 1.09. The lowest BCUT2D eigenvalue weighted by Crippen LogP contribution is -3.98. The van der Waals surface area contributed by atoms with E-state index >= 15 is 0 Å². The van der Waals surface area contributed by atoms with Crippen molar-refractivity contribution < 1.29 is 31.4 Å². The molecule has 0 aromatic rings. The average molecular weight is 305 g/mol. The van der Waals surface area contributed by atoms with Gasteiger partial charge in [-0.15, -0.1) is 0 Å². The van der Waals surface area contributed by atoms with Crippen LogP contribution in [-0.2, 0) is 0 Å². The number of alkyl halides is 1. The van der Waals surface area contributed by atoms with Gasteiger partial charge in [-0.25, -0.2) is 0 Å². The summed E-state index contributed by atoms with van der Waals surface area (Å²) in [6, 6.07) is 0. The molecule has 1 atom stereocenters. The molecule has 0 saturated carbocycles. The second-order valence-electron chi connectivity index (χ2n) is 1.97. The highest BCUT2D eigenvalue weighted by Gasteiger charge is 2.03. The maximum atomic E-state index is 8.68. The number of hydrogen-bond acceptors (Lipinski definition) is 4. The highest BCUT2D eigenvalue weighted by molar-refractivity contribution is 6.21. The van der Waals surface area contributed by atoms with E-state index in [1.165, 1.54) is 0 Å². The van der Waals surface area contributed by atoms with Crippen LogP contribution in [0.25, 0.3) is 0 Å². The average Bonchev–Trinajstić information content (AvgIpc) is 1.94. The summed E-state index contributed by atoms with van der Waals surface area (Å²) in [6.07, 6.45) is 7.77. The molecule has 0 aromatic carbocycles. The molecule has 1 N–H and O–H groups in total. The van der Waals surface area contributed by atoms with Crippen LogP contribution in [0.4, 0.5) is 0 Å². The topological polar surface area (TPSA) is 69.6 Å². The van der Waals surface area contributed by atoms with Crippen LogP contribution in [0.15, 0.2) is 24.4 Å². The van der Waals surface area contributed by atoms with Crippen LogP contribution in [0.3, 0.4) is 0 Å². The summed E-state index contributed by atoms with van der Waals surface area (Å²) in [4.78, 5) is 1.93. The van der Waals surface area contributed by atoms with E-state index in [1.54, 1.807) is 0 Å². The molecule has 70 valence electrons. The largest absolute Gasteiger partial charge is 0.503 e. The lowest BCUT2D eigenvalue weighted by Gasteiger charge is -2.19.